The van der Waals surface area contributed by atoms with Crippen LogP contribution >= 0.6 is 0 Å². The first kappa shape index (κ1) is 13.0. The molecule has 0 bridgehead atoms. The Balaban J connectivity index is 2.06. The Morgan fingerprint density at radius 2 is 1.94 bits per heavy atom. The summed E-state index contributed by atoms with van der Waals surface area (Å²) in [6.45, 7) is 3.49. The van der Waals surface area contributed by atoms with Gasteiger partial charge in [-0.05, 0) is 31.6 Å². The molecule has 2 aliphatic rings. The minimum Gasteiger partial charge on any atom is -0.381 e. The number of hydrogen-bond donors (Lipinski definition) is 1. The van der Waals surface area contributed by atoms with Gasteiger partial charge in [-0.2, -0.15) is 0 Å². The molecule has 1 aliphatic heterocycles. The number of hydrogen-bond acceptors (Lipinski definition) is 3. The molecule has 0 aromatic heterocycles. The highest BCUT2D eigenvalue weighted by atomic mass is 16.5. The summed E-state index contributed by atoms with van der Waals surface area (Å²) in [6, 6.07) is 0. The number of Topliss-reactive ketones (excluding diaryl/α,β-unsaturated/α-hetero) is 1. The molecule has 0 amide bonds. The van der Waals surface area contributed by atoms with Crippen molar-refractivity contribution < 1.29 is 9.53 Å². The van der Waals surface area contributed by atoms with Crippen LogP contribution in [0.2, 0.25) is 0 Å². The molecule has 0 aromatic carbocycles. The van der Waals surface area contributed by atoms with Crippen LogP contribution in [0.15, 0.2) is 0 Å². The van der Waals surface area contributed by atoms with Crippen molar-refractivity contribution in [3.63, 3.8) is 0 Å². The predicted molar refractivity (Wildman–Crippen MR) is 67.7 cm³/mol. The molecule has 2 fully saturated rings. The van der Waals surface area contributed by atoms with Crippen molar-refractivity contribution in [2.45, 2.75) is 57.4 Å². The minimum atomic E-state index is -0.590. The lowest BCUT2D eigenvalue weighted by molar-refractivity contribution is -0.134. The Morgan fingerprint density at radius 3 is 2.59 bits per heavy atom. The van der Waals surface area contributed by atoms with E-state index in [0.29, 0.717) is 37.8 Å². The standard InChI is InChI=1S/C14H25NO2/c1-2-11-5-3-4-6-12(11)13(16)14(15)7-9-17-10-8-14/h11-12H,2-10,15H2,1H3. The van der Waals surface area contributed by atoms with Gasteiger partial charge in [0.05, 0.1) is 5.54 Å². The molecule has 1 aliphatic carbocycles. The van der Waals surface area contributed by atoms with Crippen LogP contribution in [0.3, 0.4) is 0 Å². The van der Waals surface area contributed by atoms with E-state index in [-0.39, 0.29) is 5.92 Å². The fourth-order valence-corrected chi connectivity index (χ4v) is 3.39. The van der Waals surface area contributed by atoms with E-state index in [9.17, 15) is 4.79 Å². The fourth-order valence-electron chi connectivity index (χ4n) is 3.39. The van der Waals surface area contributed by atoms with Gasteiger partial charge in [-0.25, -0.2) is 0 Å². The number of ether oxygens (including phenoxy) is 1. The first-order valence-electron chi connectivity index (χ1n) is 7.08. The van der Waals surface area contributed by atoms with E-state index in [4.69, 9.17) is 10.5 Å². The summed E-state index contributed by atoms with van der Waals surface area (Å²) in [7, 11) is 0. The molecular formula is C14H25NO2. The van der Waals surface area contributed by atoms with E-state index in [1.54, 1.807) is 0 Å². The van der Waals surface area contributed by atoms with Crippen LogP contribution in [0.5, 0.6) is 0 Å². The number of carbonyl (C=O) groups excluding carboxylic acids is 1. The molecule has 1 saturated carbocycles. The first-order valence-corrected chi connectivity index (χ1v) is 7.08. The van der Waals surface area contributed by atoms with Crippen molar-refractivity contribution in [2.24, 2.45) is 17.6 Å². The van der Waals surface area contributed by atoms with E-state index >= 15 is 0 Å². The third-order valence-electron chi connectivity index (χ3n) is 4.65. The average Bonchev–Trinajstić information content (AvgIpc) is 2.38. The molecule has 17 heavy (non-hydrogen) atoms. The summed E-state index contributed by atoms with van der Waals surface area (Å²) in [6.07, 6.45) is 7.26. The van der Waals surface area contributed by atoms with E-state index in [1.807, 2.05) is 0 Å². The summed E-state index contributed by atoms with van der Waals surface area (Å²) in [5, 5.41) is 0. The molecule has 0 spiro atoms. The maximum Gasteiger partial charge on any atom is 0.156 e. The minimum absolute atomic E-state index is 0.219. The van der Waals surface area contributed by atoms with Crippen LogP contribution in [-0.4, -0.2) is 24.5 Å². The number of nitrogens with two attached hydrogens (primary N) is 1. The summed E-state index contributed by atoms with van der Waals surface area (Å²) in [5.74, 6) is 1.11. The van der Waals surface area contributed by atoms with Crippen LogP contribution < -0.4 is 5.73 Å². The highest BCUT2D eigenvalue weighted by Crippen LogP contribution is 2.36. The van der Waals surface area contributed by atoms with Gasteiger partial charge in [0.1, 0.15) is 0 Å². The fraction of sp³-hybridized carbons (Fsp3) is 0.929. The summed E-state index contributed by atoms with van der Waals surface area (Å²) >= 11 is 0. The number of carbonyl (C=O) groups is 1. The second-order valence-electron chi connectivity index (χ2n) is 5.69. The van der Waals surface area contributed by atoms with Crippen molar-refractivity contribution >= 4 is 5.78 Å². The molecular weight excluding hydrogens is 214 g/mol. The van der Waals surface area contributed by atoms with E-state index < -0.39 is 5.54 Å². The molecule has 3 heteroatoms. The van der Waals surface area contributed by atoms with Gasteiger partial charge in [-0.1, -0.05) is 26.2 Å². The van der Waals surface area contributed by atoms with Gasteiger partial charge in [0.25, 0.3) is 0 Å². The quantitative estimate of drug-likeness (QED) is 0.822. The molecule has 3 nitrogen and oxygen atoms in total. The maximum atomic E-state index is 12.7. The summed E-state index contributed by atoms with van der Waals surface area (Å²) in [4.78, 5) is 12.7. The molecule has 2 unspecified atom stereocenters. The number of ketones is 1. The van der Waals surface area contributed by atoms with Gasteiger partial charge >= 0.3 is 0 Å². The van der Waals surface area contributed by atoms with Gasteiger partial charge in [-0.15, -0.1) is 0 Å². The van der Waals surface area contributed by atoms with E-state index in [0.717, 1.165) is 12.8 Å². The molecule has 0 radical (unpaired) electrons. The monoisotopic (exact) mass is 239 g/mol. The molecule has 2 N–H and O–H groups in total. The highest BCUT2D eigenvalue weighted by molar-refractivity contribution is 5.90. The third-order valence-corrected chi connectivity index (χ3v) is 4.65. The van der Waals surface area contributed by atoms with Crippen LogP contribution in [0, 0.1) is 11.8 Å². The van der Waals surface area contributed by atoms with Crippen molar-refractivity contribution in [1.29, 1.82) is 0 Å². The zero-order valence-corrected chi connectivity index (χ0v) is 10.9. The second-order valence-corrected chi connectivity index (χ2v) is 5.69. The Morgan fingerprint density at radius 1 is 1.29 bits per heavy atom. The van der Waals surface area contributed by atoms with Crippen LogP contribution in [0.1, 0.15) is 51.9 Å². The number of rotatable bonds is 3. The molecule has 1 heterocycles. The van der Waals surface area contributed by atoms with Gasteiger partial charge in [0.2, 0.25) is 0 Å². The lowest BCUT2D eigenvalue weighted by Crippen LogP contribution is -2.55. The zero-order chi connectivity index (χ0) is 12.3. The maximum absolute atomic E-state index is 12.7. The largest absolute Gasteiger partial charge is 0.381 e. The van der Waals surface area contributed by atoms with Crippen molar-refractivity contribution in [3.05, 3.63) is 0 Å². The zero-order valence-electron chi connectivity index (χ0n) is 10.9. The van der Waals surface area contributed by atoms with Gasteiger partial charge < -0.3 is 10.5 Å². The summed E-state index contributed by atoms with van der Waals surface area (Å²) in [5.41, 5.74) is 5.73. The van der Waals surface area contributed by atoms with E-state index in [2.05, 4.69) is 6.92 Å². The first-order chi connectivity index (χ1) is 8.17. The SMILES string of the molecule is CCC1CCCCC1C(=O)C1(N)CCOCC1. The highest BCUT2D eigenvalue weighted by Gasteiger charge is 2.42. The topological polar surface area (TPSA) is 52.3 Å². The normalized spacial score (nSPS) is 33.3. The van der Waals surface area contributed by atoms with Gasteiger partial charge in [0.15, 0.2) is 5.78 Å². The van der Waals surface area contributed by atoms with Crippen molar-refractivity contribution in [2.75, 3.05) is 13.2 Å². The van der Waals surface area contributed by atoms with Crippen LogP contribution in [-0.2, 0) is 9.53 Å². The molecule has 2 atom stereocenters. The Kier molecular flexibility index (Phi) is 4.21. The Hall–Kier alpha value is -0.410. The van der Waals surface area contributed by atoms with Crippen molar-refractivity contribution in [1.82, 2.24) is 0 Å². The van der Waals surface area contributed by atoms with Crippen LogP contribution in [0.4, 0.5) is 0 Å². The van der Waals surface area contributed by atoms with Crippen molar-refractivity contribution in [3.8, 4) is 0 Å². The molecule has 1 saturated heterocycles. The molecule has 2 rings (SSSR count). The van der Waals surface area contributed by atoms with Gasteiger partial charge in [0, 0.05) is 19.1 Å². The third kappa shape index (κ3) is 2.71. The lowest BCUT2D eigenvalue weighted by atomic mass is 9.69. The smallest absolute Gasteiger partial charge is 0.156 e. The Bertz CT molecular complexity index is 271. The molecule has 98 valence electrons. The predicted octanol–water partition coefficient (Wildman–Crippen LogP) is 2.28. The average molecular weight is 239 g/mol. The van der Waals surface area contributed by atoms with Gasteiger partial charge in [-0.3, -0.25) is 4.79 Å². The Labute approximate surface area is 104 Å². The second kappa shape index (κ2) is 5.49. The van der Waals surface area contributed by atoms with E-state index in [1.165, 1.54) is 19.3 Å². The molecule has 0 aromatic rings. The summed E-state index contributed by atoms with van der Waals surface area (Å²) < 4.78 is 5.32. The lowest BCUT2D eigenvalue weighted by Gasteiger charge is -2.39. The van der Waals surface area contributed by atoms with Crippen LogP contribution in [0.25, 0.3) is 0 Å².